The van der Waals surface area contributed by atoms with Gasteiger partial charge in [0.15, 0.2) is 0 Å². The van der Waals surface area contributed by atoms with Crippen LogP contribution in [0.5, 0.6) is 0 Å². The van der Waals surface area contributed by atoms with Crippen molar-refractivity contribution in [3.05, 3.63) is 127 Å². The molecule has 4 aromatic carbocycles. The van der Waals surface area contributed by atoms with Crippen LogP contribution in [0.1, 0.15) is 5.56 Å². The molecule has 2 N–H and O–H groups in total. The number of carbonyl (C=O) groups is 1. The molecular formula is C28H22N4O. The van der Waals surface area contributed by atoms with E-state index in [4.69, 9.17) is 5.73 Å². The normalized spacial score (nSPS) is 14.4. The highest BCUT2D eigenvalue weighted by atomic mass is 16.2. The van der Waals surface area contributed by atoms with E-state index in [1.807, 2.05) is 114 Å². The van der Waals surface area contributed by atoms with Crippen LogP contribution in [0.15, 0.2) is 126 Å². The van der Waals surface area contributed by atoms with Crippen LogP contribution in [0.4, 0.5) is 22.7 Å². The molecule has 1 aliphatic heterocycles. The average Bonchev–Trinajstić information content (AvgIpc) is 3.18. The van der Waals surface area contributed by atoms with Gasteiger partial charge in [-0.15, -0.1) is 0 Å². The van der Waals surface area contributed by atoms with Gasteiger partial charge in [-0.2, -0.15) is 0 Å². The second kappa shape index (κ2) is 8.85. The minimum Gasteiger partial charge on any atom is -0.397 e. The van der Waals surface area contributed by atoms with Crippen molar-refractivity contribution >= 4 is 40.1 Å². The summed E-state index contributed by atoms with van der Waals surface area (Å²) in [7, 11) is 0. The fourth-order valence-corrected chi connectivity index (χ4v) is 3.80. The summed E-state index contributed by atoms with van der Waals surface area (Å²) >= 11 is 0. The number of aliphatic imine (C=N–C) groups is 1. The van der Waals surface area contributed by atoms with Gasteiger partial charge in [-0.25, -0.2) is 15.0 Å². The Morgan fingerprint density at radius 2 is 1.18 bits per heavy atom. The summed E-state index contributed by atoms with van der Waals surface area (Å²) in [5.41, 5.74) is 10.9. The van der Waals surface area contributed by atoms with Crippen LogP contribution in [0.25, 0.3) is 5.70 Å². The number of nitrogens with two attached hydrogens (primary N) is 1. The third-order valence-electron chi connectivity index (χ3n) is 5.36. The molecule has 0 fully saturated rings. The molecule has 0 aromatic heterocycles. The van der Waals surface area contributed by atoms with Crippen molar-refractivity contribution in [2.75, 3.05) is 10.7 Å². The monoisotopic (exact) mass is 430 g/mol. The first kappa shape index (κ1) is 20.3. The van der Waals surface area contributed by atoms with E-state index in [0.717, 1.165) is 22.6 Å². The number of anilines is 3. The quantitative estimate of drug-likeness (QED) is 0.396. The molecular weight excluding hydrogens is 408 g/mol. The van der Waals surface area contributed by atoms with Gasteiger partial charge >= 0.3 is 0 Å². The lowest BCUT2D eigenvalue weighted by Crippen LogP contribution is -2.41. The summed E-state index contributed by atoms with van der Waals surface area (Å²) in [4.78, 5) is 18.5. The highest BCUT2D eigenvalue weighted by molar-refractivity contribution is 6.49. The van der Waals surface area contributed by atoms with E-state index < -0.39 is 0 Å². The molecule has 1 aliphatic rings. The Morgan fingerprint density at radius 1 is 0.667 bits per heavy atom. The average molecular weight is 431 g/mol. The standard InChI is InChI=1S/C28H22N4O/c29-24-18-10-11-19-25(24)30-26-20-27(21-12-4-1-5-13-21)32(28(26)33)31(22-14-6-2-7-15-22)23-16-8-3-9-17-23/h1-20H,29H2. The van der Waals surface area contributed by atoms with Crippen molar-refractivity contribution in [3.63, 3.8) is 0 Å². The van der Waals surface area contributed by atoms with Crippen LogP contribution in [-0.2, 0) is 4.79 Å². The van der Waals surface area contributed by atoms with Gasteiger partial charge in [0, 0.05) is 5.56 Å². The van der Waals surface area contributed by atoms with E-state index in [0.29, 0.717) is 17.1 Å². The van der Waals surface area contributed by atoms with E-state index in [9.17, 15) is 4.79 Å². The lowest BCUT2D eigenvalue weighted by atomic mass is 10.1. The van der Waals surface area contributed by atoms with Crippen molar-refractivity contribution < 1.29 is 4.79 Å². The number of benzene rings is 4. The largest absolute Gasteiger partial charge is 0.397 e. The number of carbonyl (C=O) groups excluding carboxylic acids is 1. The molecule has 0 atom stereocenters. The van der Waals surface area contributed by atoms with Crippen LogP contribution in [0, 0.1) is 0 Å². The van der Waals surface area contributed by atoms with Crippen LogP contribution >= 0.6 is 0 Å². The van der Waals surface area contributed by atoms with Gasteiger partial charge in [0.2, 0.25) is 0 Å². The molecule has 160 valence electrons. The first-order chi connectivity index (χ1) is 16.2. The summed E-state index contributed by atoms with van der Waals surface area (Å²) in [5.74, 6) is -0.232. The van der Waals surface area contributed by atoms with Crippen molar-refractivity contribution in [2.24, 2.45) is 4.99 Å². The summed E-state index contributed by atoms with van der Waals surface area (Å²) in [6.07, 6.45) is 1.82. The van der Waals surface area contributed by atoms with Gasteiger partial charge in [-0.05, 0) is 42.5 Å². The third-order valence-corrected chi connectivity index (χ3v) is 5.36. The van der Waals surface area contributed by atoms with Crippen LogP contribution in [0.2, 0.25) is 0 Å². The first-order valence-corrected chi connectivity index (χ1v) is 10.7. The van der Waals surface area contributed by atoms with Gasteiger partial charge in [0.25, 0.3) is 5.91 Å². The van der Waals surface area contributed by atoms with Crippen LogP contribution in [0.3, 0.4) is 0 Å². The molecule has 0 radical (unpaired) electrons. The molecule has 5 heteroatoms. The topological polar surface area (TPSA) is 61.9 Å². The predicted molar refractivity (Wildman–Crippen MR) is 134 cm³/mol. The zero-order valence-electron chi connectivity index (χ0n) is 17.9. The number of amides is 1. The number of hydrogen-bond acceptors (Lipinski definition) is 4. The lowest BCUT2D eigenvalue weighted by molar-refractivity contribution is -0.120. The van der Waals surface area contributed by atoms with Gasteiger partial charge in [0.1, 0.15) is 5.71 Å². The molecule has 33 heavy (non-hydrogen) atoms. The molecule has 5 nitrogen and oxygen atoms in total. The number of rotatable bonds is 5. The van der Waals surface area contributed by atoms with Crippen molar-refractivity contribution in [2.45, 2.75) is 0 Å². The lowest BCUT2D eigenvalue weighted by Gasteiger charge is -2.35. The summed E-state index contributed by atoms with van der Waals surface area (Å²) in [5, 5.41) is 3.59. The number of hydrazine groups is 1. The maximum absolute atomic E-state index is 13.9. The SMILES string of the molecule is Nc1ccccc1N=C1C=C(c2ccccc2)N(N(c2ccccc2)c2ccccc2)C1=O. The van der Waals surface area contributed by atoms with Crippen LogP contribution < -0.4 is 10.7 Å². The maximum Gasteiger partial charge on any atom is 0.296 e. The second-order valence-electron chi connectivity index (χ2n) is 7.55. The maximum atomic E-state index is 13.9. The molecule has 1 amide bonds. The third kappa shape index (κ3) is 4.00. The van der Waals surface area contributed by atoms with E-state index in [1.54, 1.807) is 17.1 Å². The van der Waals surface area contributed by atoms with Gasteiger partial charge in [0.05, 0.1) is 28.4 Å². The van der Waals surface area contributed by atoms with E-state index in [-0.39, 0.29) is 5.91 Å². The Morgan fingerprint density at radius 3 is 1.76 bits per heavy atom. The van der Waals surface area contributed by atoms with Crippen LogP contribution in [-0.4, -0.2) is 16.6 Å². The Labute approximate surface area is 192 Å². The highest BCUT2D eigenvalue weighted by Gasteiger charge is 2.36. The Bertz CT molecular complexity index is 1290. The highest BCUT2D eigenvalue weighted by Crippen LogP contribution is 2.36. The number of nitrogens with zero attached hydrogens (tertiary/aromatic N) is 3. The first-order valence-electron chi connectivity index (χ1n) is 10.7. The minimum atomic E-state index is -0.232. The molecule has 0 bridgehead atoms. The molecule has 0 spiro atoms. The van der Waals surface area contributed by atoms with E-state index in [2.05, 4.69) is 4.99 Å². The molecule has 1 heterocycles. The smallest absolute Gasteiger partial charge is 0.296 e. The Hall–Kier alpha value is -4.64. The molecule has 5 rings (SSSR count). The van der Waals surface area contributed by atoms with Gasteiger partial charge in [-0.1, -0.05) is 78.9 Å². The summed E-state index contributed by atoms with van der Waals surface area (Å²) in [6, 6.07) is 36.8. The van der Waals surface area contributed by atoms with E-state index in [1.165, 1.54) is 0 Å². The molecule has 4 aromatic rings. The van der Waals surface area contributed by atoms with Gasteiger partial charge in [-0.3, -0.25) is 4.79 Å². The zero-order valence-corrected chi connectivity index (χ0v) is 17.9. The van der Waals surface area contributed by atoms with E-state index >= 15 is 0 Å². The molecule has 0 saturated heterocycles. The predicted octanol–water partition coefficient (Wildman–Crippen LogP) is 5.98. The number of hydrogen-bond donors (Lipinski definition) is 1. The number of nitrogen functional groups attached to an aromatic ring is 1. The zero-order chi connectivity index (χ0) is 22.6. The fraction of sp³-hybridized carbons (Fsp3) is 0. The molecule has 0 saturated carbocycles. The van der Waals surface area contributed by atoms with Crippen molar-refractivity contribution in [1.82, 2.24) is 5.01 Å². The Balaban J connectivity index is 1.69. The minimum absolute atomic E-state index is 0.232. The Kier molecular flexibility index (Phi) is 5.43. The fourth-order valence-electron chi connectivity index (χ4n) is 3.80. The molecule has 0 unspecified atom stereocenters. The molecule has 0 aliphatic carbocycles. The van der Waals surface area contributed by atoms with Gasteiger partial charge < -0.3 is 5.73 Å². The van der Waals surface area contributed by atoms with Crippen molar-refractivity contribution in [3.8, 4) is 0 Å². The van der Waals surface area contributed by atoms with Crippen molar-refractivity contribution in [1.29, 1.82) is 0 Å². The number of para-hydroxylation sites is 4. The summed E-state index contributed by atoms with van der Waals surface area (Å²) in [6.45, 7) is 0. The summed E-state index contributed by atoms with van der Waals surface area (Å²) < 4.78 is 0. The second-order valence-corrected chi connectivity index (χ2v) is 7.55.